The lowest BCUT2D eigenvalue weighted by Crippen LogP contribution is -2.28. The van der Waals surface area contributed by atoms with E-state index >= 15 is 0 Å². The van der Waals surface area contributed by atoms with Gasteiger partial charge in [-0.2, -0.15) is 0 Å². The number of fused-ring (bicyclic) bond motifs is 1. The van der Waals surface area contributed by atoms with Gasteiger partial charge in [0, 0.05) is 11.6 Å². The van der Waals surface area contributed by atoms with Gasteiger partial charge in [-0.3, -0.25) is 14.2 Å². The minimum Gasteiger partial charge on any atom is -0.451 e. The van der Waals surface area contributed by atoms with Crippen LogP contribution in [0.25, 0.3) is 22.6 Å². The highest BCUT2D eigenvalue weighted by atomic mass is 31.2. The number of nitrogens with one attached hydrogen (secondary N) is 1. The third kappa shape index (κ3) is 4.38. The zero-order chi connectivity index (χ0) is 23.0. The summed E-state index contributed by atoms with van der Waals surface area (Å²) in [5.41, 5.74) is 1.94. The van der Waals surface area contributed by atoms with Crippen molar-refractivity contribution in [1.29, 1.82) is 0 Å². The zero-order valence-electron chi connectivity index (χ0n) is 17.0. The first-order valence-corrected chi connectivity index (χ1v) is 11.1. The minimum atomic E-state index is -4.93. The predicted octanol–water partition coefficient (Wildman–Crippen LogP) is 3.07. The maximum atomic E-state index is 12.5. The average Bonchev–Trinajstić information content (AvgIpc) is 3.21. The Morgan fingerprint density at radius 1 is 1.00 bits per heavy atom. The van der Waals surface area contributed by atoms with Crippen molar-refractivity contribution < 1.29 is 28.0 Å². The van der Waals surface area contributed by atoms with Gasteiger partial charge in [0.05, 0.1) is 5.39 Å². The highest BCUT2D eigenvalue weighted by molar-refractivity contribution is 7.52. The van der Waals surface area contributed by atoms with E-state index in [0.29, 0.717) is 5.39 Å². The average molecular weight is 455 g/mol. The Morgan fingerprint density at radius 3 is 2.38 bits per heavy atom. The lowest BCUT2D eigenvalue weighted by atomic mass is 10.1. The van der Waals surface area contributed by atoms with E-state index in [2.05, 4.69) is 15.5 Å². The monoisotopic (exact) mass is 455 g/mol. The summed E-state index contributed by atoms with van der Waals surface area (Å²) >= 11 is 0. The molecule has 4 rings (SSSR count). The van der Waals surface area contributed by atoms with Gasteiger partial charge in [-0.1, -0.05) is 29.3 Å². The number of hydrogen-bond donors (Lipinski definition) is 3. The Balaban J connectivity index is 1.68. The molecule has 32 heavy (non-hydrogen) atoms. The van der Waals surface area contributed by atoms with Crippen LogP contribution in [0, 0.1) is 13.8 Å². The molecule has 0 saturated carbocycles. The highest BCUT2D eigenvalue weighted by Gasteiger charge is 2.37. The maximum Gasteiger partial charge on any atom is 0.357 e. The minimum absolute atomic E-state index is 0.0700. The van der Waals surface area contributed by atoms with E-state index in [4.69, 9.17) is 8.83 Å². The number of benzene rings is 2. The van der Waals surface area contributed by atoms with Crippen LogP contribution in [0.5, 0.6) is 0 Å². The van der Waals surface area contributed by atoms with Gasteiger partial charge >= 0.3 is 7.60 Å². The Bertz CT molecular complexity index is 1420. The Kier molecular flexibility index (Phi) is 5.52. The Labute approximate surface area is 181 Å². The second kappa shape index (κ2) is 8.16. The molecule has 4 aromatic rings. The molecule has 2 aromatic heterocycles. The molecule has 0 bridgehead atoms. The number of amides is 1. The third-order valence-electron chi connectivity index (χ3n) is 4.69. The normalized spacial score (nSPS) is 12.6. The topological polar surface area (TPSA) is 156 Å². The first-order chi connectivity index (χ1) is 15.1. The van der Waals surface area contributed by atoms with Gasteiger partial charge in [-0.05, 0) is 38.1 Å². The van der Waals surface area contributed by atoms with Gasteiger partial charge in [0.15, 0.2) is 11.2 Å². The van der Waals surface area contributed by atoms with Crippen molar-refractivity contribution in [2.24, 2.45) is 0 Å². The molecule has 0 radical (unpaired) electrons. The smallest absolute Gasteiger partial charge is 0.357 e. The lowest BCUT2D eigenvalue weighted by Gasteiger charge is -2.16. The largest absolute Gasteiger partial charge is 0.451 e. The van der Waals surface area contributed by atoms with Crippen molar-refractivity contribution in [3.8, 4) is 11.7 Å². The number of aromatic nitrogens is 2. The number of carbonyl (C=O) groups excluding carboxylic acids is 1. The van der Waals surface area contributed by atoms with Crippen molar-refractivity contribution in [3.05, 3.63) is 81.3 Å². The summed E-state index contributed by atoms with van der Waals surface area (Å²) in [5, 5.41) is 9.99. The van der Waals surface area contributed by atoms with E-state index < -0.39 is 25.2 Å². The maximum absolute atomic E-state index is 12.5. The van der Waals surface area contributed by atoms with Crippen molar-refractivity contribution in [2.75, 3.05) is 0 Å². The molecule has 0 unspecified atom stereocenters. The van der Waals surface area contributed by atoms with Crippen LogP contribution in [0.1, 0.15) is 33.2 Å². The van der Waals surface area contributed by atoms with Crippen LogP contribution in [-0.2, 0) is 4.57 Å². The standard InChI is InChI=1S/C21H18N3O7P/c1-11-3-6-13(7-4-11)18(26)22-21(32(27,28)29)20-24-23-19(31-20)17-10-15(25)14-9-12(2)5-8-16(14)30-17/h3-10,21H,1-2H3,(H,22,26)(H2,27,28,29)/t21-/m1/s1. The van der Waals surface area contributed by atoms with Crippen LogP contribution in [0.4, 0.5) is 0 Å². The molecule has 0 spiro atoms. The molecule has 0 aliphatic heterocycles. The van der Waals surface area contributed by atoms with Gasteiger partial charge in [0.25, 0.3) is 17.7 Å². The fourth-order valence-corrected chi connectivity index (χ4v) is 3.70. The molecule has 0 aliphatic carbocycles. The summed E-state index contributed by atoms with van der Waals surface area (Å²) in [6.07, 6.45) is 0. The van der Waals surface area contributed by atoms with E-state index in [0.717, 1.165) is 17.2 Å². The fraction of sp³-hybridized carbons (Fsp3) is 0.143. The summed E-state index contributed by atoms with van der Waals surface area (Å²) in [6, 6.07) is 12.6. The molecule has 1 amide bonds. The van der Waals surface area contributed by atoms with Crippen molar-refractivity contribution in [2.45, 2.75) is 19.6 Å². The number of hydrogen-bond acceptors (Lipinski definition) is 7. The fourth-order valence-electron chi connectivity index (χ4n) is 3.02. The van der Waals surface area contributed by atoms with Crippen molar-refractivity contribution in [1.82, 2.24) is 15.5 Å². The highest BCUT2D eigenvalue weighted by Crippen LogP contribution is 2.49. The van der Waals surface area contributed by atoms with Crippen molar-refractivity contribution >= 4 is 24.5 Å². The number of nitrogens with zero attached hydrogens (tertiary/aromatic N) is 2. The Hall–Kier alpha value is -3.59. The summed E-state index contributed by atoms with van der Waals surface area (Å²) < 4.78 is 23.1. The van der Waals surface area contributed by atoms with Gasteiger partial charge in [0.2, 0.25) is 5.78 Å². The molecule has 11 heteroatoms. The second-order valence-corrected chi connectivity index (χ2v) is 8.95. The molecule has 164 valence electrons. The molecule has 2 aromatic carbocycles. The van der Waals surface area contributed by atoms with Crippen LogP contribution >= 0.6 is 7.60 Å². The zero-order valence-corrected chi connectivity index (χ0v) is 17.9. The van der Waals surface area contributed by atoms with Crippen LogP contribution in [0.3, 0.4) is 0 Å². The first-order valence-electron chi connectivity index (χ1n) is 9.43. The quantitative estimate of drug-likeness (QED) is 0.385. The SMILES string of the molecule is Cc1ccc(C(=O)N[C@@H](c2nnc(-c3cc(=O)c4cc(C)ccc4o3)o2)P(=O)(O)O)cc1. The molecule has 3 N–H and O–H groups in total. The van der Waals surface area contributed by atoms with Crippen LogP contribution in [-0.4, -0.2) is 25.9 Å². The van der Waals surface area contributed by atoms with E-state index in [9.17, 15) is 23.9 Å². The molecule has 0 fully saturated rings. The van der Waals surface area contributed by atoms with E-state index in [-0.39, 0.29) is 28.2 Å². The van der Waals surface area contributed by atoms with Crippen LogP contribution in [0.2, 0.25) is 0 Å². The molecular weight excluding hydrogens is 437 g/mol. The molecule has 0 saturated heterocycles. The van der Waals surface area contributed by atoms with Crippen LogP contribution in [0.15, 0.2) is 62.2 Å². The third-order valence-corrected chi connectivity index (χ3v) is 5.71. The summed E-state index contributed by atoms with van der Waals surface area (Å²) in [7, 11) is -4.93. The van der Waals surface area contributed by atoms with Gasteiger partial charge in [-0.15, -0.1) is 10.2 Å². The van der Waals surface area contributed by atoms with Gasteiger partial charge in [0.1, 0.15) is 5.58 Å². The predicted molar refractivity (Wildman–Crippen MR) is 114 cm³/mol. The molecule has 1 atom stereocenters. The molecular formula is C21H18N3O7P. The Morgan fingerprint density at radius 2 is 1.69 bits per heavy atom. The number of rotatable bonds is 5. The molecule has 0 aliphatic rings. The first kappa shape index (κ1) is 21.6. The van der Waals surface area contributed by atoms with E-state index in [1.165, 1.54) is 12.1 Å². The summed E-state index contributed by atoms with van der Waals surface area (Å²) in [5.74, 6) is -3.47. The molecule has 2 heterocycles. The van der Waals surface area contributed by atoms with Crippen LogP contribution < -0.4 is 10.7 Å². The number of aryl methyl sites for hydroxylation is 2. The summed E-state index contributed by atoms with van der Waals surface area (Å²) in [4.78, 5) is 44.4. The van der Waals surface area contributed by atoms with Gasteiger partial charge in [-0.25, -0.2) is 0 Å². The lowest BCUT2D eigenvalue weighted by molar-refractivity contribution is 0.0938. The van der Waals surface area contributed by atoms with E-state index in [1.807, 2.05) is 13.8 Å². The second-order valence-electron chi connectivity index (χ2n) is 7.25. The number of carbonyl (C=O) groups is 1. The van der Waals surface area contributed by atoms with Gasteiger partial charge < -0.3 is 23.9 Å². The summed E-state index contributed by atoms with van der Waals surface area (Å²) in [6.45, 7) is 3.68. The van der Waals surface area contributed by atoms with Crippen molar-refractivity contribution in [3.63, 3.8) is 0 Å². The van der Waals surface area contributed by atoms with E-state index in [1.54, 1.807) is 30.3 Å². The molecule has 10 nitrogen and oxygen atoms in total.